The number of rotatable bonds is 8. The second-order valence-electron chi connectivity index (χ2n) is 6.27. The molecule has 4 nitrogen and oxygen atoms in total. The van der Waals surface area contributed by atoms with Crippen molar-refractivity contribution in [3.05, 3.63) is 0 Å². The van der Waals surface area contributed by atoms with Crippen LogP contribution in [0.2, 0.25) is 0 Å². The number of methoxy groups -OCH3 is 1. The summed E-state index contributed by atoms with van der Waals surface area (Å²) in [7, 11) is 1.65. The van der Waals surface area contributed by atoms with Crippen LogP contribution in [0.3, 0.4) is 0 Å². The Morgan fingerprint density at radius 2 is 2.11 bits per heavy atom. The average Bonchev–Trinajstić information content (AvgIpc) is 2.64. The van der Waals surface area contributed by atoms with Gasteiger partial charge in [0, 0.05) is 19.7 Å². The number of aliphatic hydroxyl groups is 1. The van der Waals surface area contributed by atoms with Crippen molar-refractivity contribution in [2.75, 3.05) is 26.9 Å². The van der Waals surface area contributed by atoms with Crippen LogP contribution in [0, 0.1) is 5.41 Å². The van der Waals surface area contributed by atoms with Gasteiger partial charge in [0.05, 0.1) is 25.4 Å². The minimum absolute atomic E-state index is 0.0371. The molecule has 108 valence electrons. The molecule has 18 heavy (non-hydrogen) atoms. The largest absolute Gasteiger partial charge is 0.389 e. The van der Waals surface area contributed by atoms with Crippen LogP contribution in [0.15, 0.2) is 0 Å². The molecule has 0 saturated heterocycles. The quantitative estimate of drug-likeness (QED) is 0.695. The summed E-state index contributed by atoms with van der Waals surface area (Å²) in [5.74, 6) is 0. The van der Waals surface area contributed by atoms with Crippen LogP contribution >= 0.6 is 0 Å². The van der Waals surface area contributed by atoms with E-state index in [0.29, 0.717) is 31.2 Å². The highest BCUT2D eigenvalue weighted by Crippen LogP contribution is 2.36. The lowest BCUT2D eigenvalue weighted by molar-refractivity contribution is -0.0316. The standard InChI is InChI=1S/C14H29NO3/c1-11(9-17-4)18-10-13(16)8-15-12-5-6-14(2,3)7-12/h11-13,15-16H,5-10H2,1-4H3. The number of nitrogens with one attached hydrogen (secondary N) is 1. The minimum Gasteiger partial charge on any atom is -0.389 e. The van der Waals surface area contributed by atoms with E-state index in [9.17, 15) is 5.11 Å². The third-order valence-electron chi connectivity index (χ3n) is 3.59. The Morgan fingerprint density at radius 1 is 1.39 bits per heavy atom. The maximum atomic E-state index is 9.83. The molecule has 1 rings (SSSR count). The first-order chi connectivity index (χ1) is 8.43. The van der Waals surface area contributed by atoms with Gasteiger partial charge >= 0.3 is 0 Å². The van der Waals surface area contributed by atoms with Crippen LogP contribution in [0.5, 0.6) is 0 Å². The molecule has 0 aliphatic heterocycles. The van der Waals surface area contributed by atoms with Gasteiger partial charge in [0.1, 0.15) is 0 Å². The Kier molecular flexibility index (Phi) is 6.57. The molecule has 0 aromatic heterocycles. The van der Waals surface area contributed by atoms with E-state index in [1.54, 1.807) is 7.11 Å². The molecule has 1 fully saturated rings. The maximum absolute atomic E-state index is 9.83. The number of hydrogen-bond acceptors (Lipinski definition) is 4. The van der Waals surface area contributed by atoms with Gasteiger partial charge in [-0.1, -0.05) is 13.8 Å². The molecule has 0 amide bonds. The van der Waals surface area contributed by atoms with Gasteiger partial charge in [-0.15, -0.1) is 0 Å². The second-order valence-corrected chi connectivity index (χ2v) is 6.27. The summed E-state index contributed by atoms with van der Waals surface area (Å²) in [6, 6.07) is 0.547. The minimum atomic E-state index is -0.437. The molecule has 1 aliphatic carbocycles. The molecule has 0 aromatic carbocycles. The van der Waals surface area contributed by atoms with Crippen LogP contribution in [0.25, 0.3) is 0 Å². The fourth-order valence-electron chi connectivity index (χ4n) is 2.53. The third kappa shape index (κ3) is 6.14. The van der Waals surface area contributed by atoms with Gasteiger partial charge in [-0.25, -0.2) is 0 Å². The highest BCUT2D eigenvalue weighted by molar-refractivity contribution is 4.86. The van der Waals surface area contributed by atoms with Crippen molar-refractivity contribution in [3.8, 4) is 0 Å². The van der Waals surface area contributed by atoms with Gasteiger partial charge in [-0.05, 0) is 31.6 Å². The summed E-state index contributed by atoms with van der Waals surface area (Å²) >= 11 is 0. The Bertz CT molecular complexity index is 233. The predicted molar refractivity (Wildman–Crippen MR) is 72.7 cm³/mol. The Morgan fingerprint density at radius 3 is 2.67 bits per heavy atom. The number of hydrogen-bond donors (Lipinski definition) is 2. The molecular formula is C14H29NO3. The predicted octanol–water partition coefficient (Wildman–Crippen LogP) is 1.57. The summed E-state index contributed by atoms with van der Waals surface area (Å²) < 4.78 is 10.5. The molecule has 0 radical (unpaired) electrons. The van der Waals surface area contributed by atoms with E-state index >= 15 is 0 Å². The zero-order valence-electron chi connectivity index (χ0n) is 12.2. The Hall–Kier alpha value is -0.160. The van der Waals surface area contributed by atoms with Gasteiger partial charge in [-0.3, -0.25) is 0 Å². The van der Waals surface area contributed by atoms with Crippen LogP contribution in [-0.4, -0.2) is 50.2 Å². The Balaban J connectivity index is 2.08. The van der Waals surface area contributed by atoms with Crippen molar-refractivity contribution in [2.24, 2.45) is 5.41 Å². The molecule has 3 unspecified atom stereocenters. The lowest BCUT2D eigenvalue weighted by Crippen LogP contribution is -2.37. The van der Waals surface area contributed by atoms with E-state index < -0.39 is 6.10 Å². The first kappa shape index (κ1) is 15.9. The van der Waals surface area contributed by atoms with Crippen molar-refractivity contribution < 1.29 is 14.6 Å². The molecular weight excluding hydrogens is 230 g/mol. The summed E-state index contributed by atoms with van der Waals surface area (Å²) in [5, 5.41) is 13.3. The van der Waals surface area contributed by atoms with Gasteiger partial charge < -0.3 is 19.9 Å². The van der Waals surface area contributed by atoms with Gasteiger partial charge in [0.15, 0.2) is 0 Å². The second kappa shape index (κ2) is 7.43. The van der Waals surface area contributed by atoms with Crippen LogP contribution < -0.4 is 5.32 Å². The van der Waals surface area contributed by atoms with E-state index in [1.165, 1.54) is 19.3 Å². The molecule has 0 aromatic rings. The normalized spacial score (nSPS) is 26.2. The number of aliphatic hydroxyl groups excluding tert-OH is 1. The van der Waals surface area contributed by atoms with Crippen molar-refractivity contribution in [2.45, 2.75) is 58.3 Å². The monoisotopic (exact) mass is 259 g/mol. The van der Waals surface area contributed by atoms with Crippen LogP contribution in [0.4, 0.5) is 0 Å². The van der Waals surface area contributed by atoms with Crippen LogP contribution in [-0.2, 0) is 9.47 Å². The zero-order chi connectivity index (χ0) is 13.6. The first-order valence-corrected chi connectivity index (χ1v) is 6.95. The molecule has 0 bridgehead atoms. The van der Waals surface area contributed by atoms with Crippen molar-refractivity contribution >= 4 is 0 Å². The highest BCUT2D eigenvalue weighted by Gasteiger charge is 2.30. The van der Waals surface area contributed by atoms with E-state index in [1.807, 2.05) is 6.92 Å². The highest BCUT2D eigenvalue weighted by atomic mass is 16.5. The first-order valence-electron chi connectivity index (χ1n) is 6.95. The molecule has 1 aliphatic rings. The smallest absolute Gasteiger partial charge is 0.0897 e. The van der Waals surface area contributed by atoms with E-state index in [4.69, 9.17) is 9.47 Å². The fraction of sp³-hybridized carbons (Fsp3) is 1.00. The summed E-state index contributed by atoms with van der Waals surface area (Å²) in [6.45, 7) is 8.11. The van der Waals surface area contributed by atoms with Crippen molar-refractivity contribution in [1.29, 1.82) is 0 Å². The van der Waals surface area contributed by atoms with Crippen molar-refractivity contribution in [3.63, 3.8) is 0 Å². The lowest BCUT2D eigenvalue weighted by atomic mass is 9.92. The van der Waals surface area contributed by atoms with E-state index in [0.717, 1.165) is 0 Å². The zero-order valence-corrected chi connectivity index (χ0v) is 12.2. The summed E-state index contributed by atoms with van der Waals surface area (Å²) in [6.07, 6.45) is 3.27. The fourth-order valence-corrected chi connectivity index (χ4v) is 2.53. The SMILES string of the molecule is COCC(C)OCC(O)CNC1CCC(C)(C)C1. The molecule has 0 heterocycles. The van der Waals surface area contributed by atoms with Gasteiger partial charge in [-0.2, -0.15) is 0 Å². The molecule has 4 heteroatoms. The number of ether oxygens (including phenoxy) is 2. The summed E-state index contributed by atoms with van der Waals surface area (Å²) in [5.41, 5.74) is 0.450. The summed E-state index contributed by atoms with van der Waals surface area (Å²) in [4.78, 5) is 0. The molecule has 1 saturated carbocycles. The van der Waals surface area contributed by atoms with E-state index in [2.05, 4.69) is 19.2 Å². The maximum Gasteiger partial charge on any atom is 0.0897 e. The van der Waals surface area contributed by atoms with Crippen LogP contribution in [0.1, 0.15) is 40.0 Å². The van der Waals surface area contributed by atoms with Gasteiger partial charge in [0.25, 0.3) is 0 Å². The topological polar surface area (TPSA) is 50.7 Å². The molecule has 0 spiro atoms. The van der Waals surface area contributed by atoms with Gasteiger partial charge in [0.2, 0.25) is 0 Å². The molecule has 2 N–H and O–H groups in total. The van der Waals surface area contributed by atoms with Crippen molar-refractivity contribution in [1.82, 2.24) is 5.32 Å². The molecule has 3 atom stereocenters. The van der Waals surface area contributed by atoms with E-state index in [-0.39, 0.29) is 6.10 Å². The Labute approximate surface area is 111 Å². The average molecular weight is 259 g/mol. The third-order valence-corrected chi connectivity index (χ3v) is 3.59. The lowest BCUT2D eigenvalue weighted by Gasteiger charge is -2.20.